The van der Waals surface area contributed by atoms with Crippen LogP contribution in [0.4, 0.5) is 23.2 Å². The minimum absolute atomic E-state index is 0.0931. The van der Waals surface area contributed by atoms with E-state index in [4.69, 9.17) is 11.8 Å². The highest BCUT2D eigenvalue weighted by Crippen LogP contribution is 2.32. The Hall–Kier alpha value is -7.48. The second-order valence-electron chi connectivity index (χ2n) is 9.03. The first-order chi connectivity index (χ1) is 22.2. The third-order valence-electron chi connectivity index (χ3n) is 6.49. The average Bonchev–Trinajstić information content (AvgIpc) is 3.69. The van der Waals surface area contributed by atoms with Gasteiger partial charge in [0.05, 0.1) is 33.8 Å². The molecule has 0 amide bonds. The molecular formula is C30H6F4N12. The normalized spacial score (nSPS) is 14.3. The molecule has 3 heterocycles. The Morgan fingerprint density at radius 2 is 1.20 bits per heavy atom. The van der Waals surface area contributed by atoms with Crippen molar-refractivity contribution in [3.8, 4) is 35.7 Å². The van der Waals surface area contributed by atoms with Crippen molar-refractivity contribution in [2.24, 2.45) is 20.0 Å². The van der Waals surface area contributed by atoms with Gasteiger partial charge in [0.15, 0.2) is 52.4 Å². The SMILES string of the molecule is [C-]#[N+]c1cccc2c1=N/C(=C(\C#N)c1nc(/C(C#N)=C3\N=c4cccc(C#N)c4=N3)nc(-c3c(F)c(F)c(C#N)c(F)c3F)n1)N=2. The number of aromatic nitrogens is 3. The van der Waals surface area contributed by atoms with E-state index in [9.17, 15) is 24.6 Å². The molecule has 3 aromatic carbocycles. The maximum Gasteiger partial charge on any atom is 0.214 e. The molecule has 2 aliphatic heterocycles. The van der Waals surface area contributed by atoms with Gasteiger partial charge in [0.2, 0.25) is 5.69 Å². The van der Waals surface area contributed by atoms with Gasteiger partial charge in [-0.05, 0) is 18.2 Å². The van der Waals surface area contributed by atoms with Crippen molar-refractivity contribution < 1.29 is 17.6 Å². The van der Waals surface area contributed by atoms with Crippen LogP contribution in [0.25, 0.3) is 27.4 Å². The van der Waals surface area contributed by atoms with E-state index in [2.05, 4.69) is 39.8 Å². The zero-order valence-corrected chi connectivity index (χ0v) is 22.3. The number of nitriles is 4. The summed E-state index contributed by atoms with van der Waals surface area (Å²) in [6.07, 6.45) is 0. The second kappa shape index (κ2) is 11.0. The maximum absolute atomic E-state index is 15.2. The fraction of sp³-hybridized carbons (Fsp3) is 0. The molecule has 16 heteroatoms. The third kappa shape index (κ3) is 4.38. The van der Waals surface area contributed by atoms with Crippen LogP contribution in [-0.2, 0) is 0 Å². The van der Waals surface area contributed by atoms with Gasteiger partial charge in [-0.25, -0.2) is 57.3 Å². The van der Waals surface area contributed by atoms with Gasteiger partial charge in [0.25, 0.3) is 0 Å². The molecule has 0 N–H and O–H groups in total. The Morgan fingerprint density at radius 1 is 0.652 bits per heavy atom. The number of allylic oxidation sites excluding steroid dienone is 2. The fourth-order valence-electron chi connectivity index (χ4n) is 4.39. The average molecular weight is 610 g/mol. The van der Waals surface area contributed by atoms with Crippen LogP contribution < -0.4 is 21.4 Å². The van der Waals surface area contributed by atoms with Crippen molar-refractivity contribution in [2.75, 3.05) is 0 Å². The van der Waals surface area contributed by atoms with Crippen molar-refractivity contribution in [1.82, 2.24) is 15.0 Å². The molecule has 0 spiro atoms. The van der Waals surface area contributed by atoms with Crippen LogP contribution in [0.1, 0.15) is 22.8 Å². The Labute approximate surface area is 253 Å². The Morgan fingerprint density at radius 3 is 1.72 bits per heavy atom. The van der Waals surface area contributed by atoms with Gasteiger partial charge in [0, 0.05) is 0 Å². The second-order valence-corrected chi connectivity index (χ2v) is 9.03. The van der Waals surface area contributed by atoms with Crippen LogP contribution in [0, 0.1) is 75.2 Å². The number of benzene rings is 3. The topological polar surface area (TPSA) is 188 Å². The summed E-state index contributed by atoms with van der Waals surface area (Å²) in [5.41, 5.74) is -3.89. The van der Waals surface area contributed by atoms with Crippen LogP contribution in [0.3, 0.4) is 0 Å². The Balaban J connectivity index is 1.70. The minimum atomic E-state index is -2.04. The van der Waals surface area contributed by atoms with Crippen LogP contribution in [-0.4, -0.2) is 15.0 Å². The van der Waals surface area contributed by atoms with E-state index in [0.717, 1.165) is 6.07 Å². The van der Waals surface area contributed by atoms with Gasteiger partial charge < -0.3 is 0 Å². The van der Waals surface area contributed by atoms with Crippen molar-refractivity contribution >= 4 is 16.8 Å². The molecular weight excluding hydrogens is 604 g/mol. The first-order valence-corrected chi connectivity index (χ1v) is 12.5. The monoisotopic (exact) mass is 610 g/mol. The summed E-state index contributed by atoms with van der Waals surface area (Å²) >= 11 is 0. The van der Waals surface area contributed by atoms with Crippen LogP contribution in [0.2, 0.25) is 0 Å². The number of fused-ring (bicyclic) bond motifs is 2. The lowest BCUT2D eigenvalue weighted by Gasteiger charge is -2.10. The number of nitrogens with zero attached hydrogens (tertiary/aromatic N) is 12. The molecule has 0 radical (unpaired) electrons. The van der Waals surface area contributed by atoms with Crippen molar-refractivity contribution in [1.29, 1.82) is 21.0 Å². The van der Waals surface area contributed by atoms with Crippen LogP contribution in [0.5, 0.6) is 0 Å². The molecule has 0 aliphatic carbocycles. The molecule has 0 unspecified atom stereocenters. The first-order valence-electron chi connectivity index (χ1n) is 12.5. The molecule has 2 aliphatic rings. The van der Waals surface area contributed by atoms with Gasteiger partial charge in [-0.15, -0.1) is 0 Å². The first kappa shape index (κ1) is 28.6. The van der Waals surface area contributed by atoms with Crippen LogP contribution in [0.15, 0.2) is 68.0 Å². The summed E-state index contributed by atoms with van der Waals surface area (Å²) in [7, 11) is 0. The zero-order chi connectivity index (χ0) is 32.7. The summed E-state index contributed by atoms with van der Waals surface area (Å²) in [5.74, 6) is -11.3. The summed E-state index contributed by atoms with van der Waals surface area (Å²) < 4.78 is 59.8. The van der Waals surface area contributed by atoms with E-state index >= 15 is 8.78 Å². The molecule has 0 saturated carbocycles. The van der Waals surface area contributed by atoms with E-state index in [1.54, 1.807) is 12.1 Å². The highest BCUT2D eigenvalue weighted by Gasteiger charge is 2.30. The largest absolute Gasteiger partial charge is 0.237 e. The number of rotatable bonds is 3. The molecule has 0 saturated heterocycles. The van der Waals surface area contributed by atoms with Crippen molar-refractivity contribution in [3.63, 3.8) is 0 Å². The van der Waals surface area contributed by atoms with E-state index in [1.807, 2.05) is 6.07 Å². The highest BCUT2D eigenvalue weighted by atomic mass is 19.2. The highest BCUT2D eigenvalue weighted by molar-refractivity contribution is 5.80. The molecule has 0 fully saturated rings. The van der Waals surface area contributed by atoms with E-state index in [1.165, 1.54) is 36.4 Å². The Bertz CT molecular complexity index is 2480. The lowest BCUT2D eigenvalue weighted by atomic mass is 10.1. The molecule has 214 valence electrons. The molecule has 0 atom stereocenters. The molecule has 12 nitrogen and oxygen atoms in total. The molecule has 1 aromatic heterocycles. The van der Waals surface area contributed by atoms with Crippen LogP contribution >= 0.6 is 0 Å². The number of para-hydroxylation sites is 2. The predicted octanol–water partition coefficient (Wildman–Crippen LogP) is 2.68. The van der Waals surface area contributed by atoms with Crippen molar-refractivity contribution in [3.05, 3.63) is 127 Å². The number of halogens is 4. The molecule has 0 bridgehead atoms. The van der Waals surface area contributed by atoms with Gasteiger partial charge in [0.1, 0.15) is 46.3 Å². The molecule has 4 aromatic rings. The Kier molecular flexibility index (Phi) is 6.83. The summed E-state index contributed by atoms with van der Waals surface area (Å²) in [4.78, 5) is 32.0. The van der Waals surface area contributed by atoms with E-state index < -0.39 is 63.0 Å². The minimum Gasteiger partial charge on any atom is -0.237 e. The zero-order valence-electron chi connectivity index (χ0n) is 22.3. The maximum atomic E-state index is 15.2. The third-order valence-corrected chi connectivity index (χ3v) is 6.49. The number of hydrogen-bond donors (Lipinski definition) is 0. The molecule has 6 rings (SSSR count). The quantitative estimate of drug-likeness (QED) is 0.148. The smallest absolute Gasteiger partial charge is 0.214 e. The summed E-state index contributed by atoms with van der Waals surface area (Å²) in [5, 5.41) is 39.3. The van der Waals surface area contributed by atoms with Gasteiger partial charge in [-0.2, -0.15) is 21.0 Å². The van der Waals surface area contributed by atoms with E-state index in [-0.39, 0.29) is 44.3 Å². The summed E-state index contributed by atoms with van der Waals surface area (Å²) in [6, 6.07) is 15.4. The predicted molar refractivity (Wildman–Crippen MR) is 143 cm³/mol. The van der Waals surface area contributed by atoms with Gasteiger partial charge >= 0.3 is 0 Å². The fourth-order valence-corrected chi connectivity index (χ4v) is 4.39. The van der Waals surface area contributed by atoms with Gasteiger partial charge in [-0.3, -0.25) is 0 Å². The lowest BCUT2D eigenvalue weighted by molar-refractivity contribution is 0.453. The number of hydrogen-bond acceptors (Lipinski definition) is 11. The lowest BCUT2D eigenvalue weighted by Crippen LogP contribution is -2.24. The standard InChI is InChI=1S/C30H6F4N12/c1-39-16-5-3-7-18-25(16)43-27(41-18)15(11-38)29-44-28(14(10-37)26-40-17-6-2-4-12(8-35)24(17)42-26)45-30(46-29)19-22(33)20(31)13(9-36)21(32)23(19)34/h2-7H/b26-14+,27-15+. The summed E-state index contributed by atoms with van der Waals surface area (Å²) in [6.45, 7) is 7.36. The molecule has 46 heavy (non-hydrogen) atoms. The van der Waals surface area contributed by atoms with E-state index in [0.29, 0.717) is 0 Å². The van der Waals surface area contributed by atoms with Gasteiger partial charge in [-0.1, -0.05) is 18.2 Å². The van der Waals surface area contributed by atoms with Crippen molar-refractivity contribution in [2.45, 2.75) is 0 Å².